The lowest BCUT2D eigenvalue weighted by Crippen LogP contribution is -2.50. The Balaban J connectivity index is 2.33. The second-order valence-corrected chi connectivity index (χ2v) is 7.03. The molecule has 1 aromatic rings. The molecule has 1 aliphatic heterocycles. The average Bonchev–Trinajstić information content (AvgIpc) is 2.37. The molecule has 1 unspecified atom stereocenters. The first-order chi connectivity index (χ1) is 9.78. The van der Waals surface area contributed by atoms with Gasteiger partial charge in [-0.05, 0) is 12.1 Å². The minimum absolute atomic E-state index is 0.0509. The van der Waals surface area contributed by atoms with Gasteiger partial charge in [0.05, 0.1) is 24.0 Å². The molecule has 2 heterocycles. The zero-order chi connectivity index (χ0) is 15.6. The Morgan fingerprint density at radius 3 is 2.76 bits per heavy atom. The third kappa shape index (κ3) is 3.69. The molecule has 0 radical (unpaired) electrons. The van der Waals surface area contributed by atoms with Crippen molar-refractivity contribution in [3.8, 4) is 0 Å². The highest BCUT2D eigenvalue weighted by Gasteiger charge is 2.33. The number of nitrogens with two attached hydrogens (primary N) is 1. The van der Waals surface area contributed by atoms with Crippen molar-refractivity contribution >= 4 is 27.5 Å². The zero-order valence-electron chi connectivity index (χ0n) is 11.1. The van der Waals surface area contributed by atoms with Gasteiger partial charge in [0.15, 0.2) is 9.84 Å². The first-order valence-electron chi connectivity index (χ1n) is 6.24. The maximum absolute atomic E-state index is 11.7. The predicted octanol–water partition coefficient (Wildman–Crippen LogP) is -0.741. The number of rotatable bonds is 4. The van der Waals surface area contributed by atoms with Crippen molar-refractivity contribution in [3.05, 3.63) is 23.9 Å². The summed E-state index contributed by atoms with van der Waals surface area (Å²) in [4.78, 5) is 27.7. The van der Waals surface area contributed by atoms with Crippen LogP contribution in [0.3, 0.4) is 0 Å². The zero-order valence-corrected chi connectivity index (χ0v) is 11.9. The van der Waals surface area contributed by atoms with Crippen LogP contribution < -0.4 is 10.6 Å². The highest BCUT2D eigenvalue weighted by molar-refractivity contribution is 7.91. The van der Waals surface area contributed by atoms with Gasteiger partial charge in [-0.15, -0.1) is 0 Å². The first kappa shape index (κ1) is 15.2. The van der Waals surface area contributed by atoms with Crippen LogP contribution in [0.2, 0.25) is 0 Å². The standard InChI is InChI=1S/C12H15N3O5S/c13-12(18)9-2-1-3-10(14-9)15-4-5-21(19,20)7-8(15)6-11(16)17/h1-3,8H,4-7H2,(H2,13,18)(H,16,17). The van der Waals surface area contributed by atoms with Crippen LogP contribution in [0.4, 0.5) is 5.82 Å². The van der Waals surface area contributed by atoms with Crippen LogP contribution in [0.1, 0.15) is 16.9 Å². The van der Waals surface area contributed by atoms with Crippen LogP contribution in [-0.2, 0) is 14.6 Å². The van der Waals surface area contributed by atoms with E-state index in [1.165, 1.54) is 6.07 Å². The molecule has 3 N–H and O–H groups in total. The summed E-state index contributed by atoms with van der Waals surface area (Å²) in [5.74, 6) is -1.76. The number of carboxylic acids is 1. The fraction of sp³-hybridized carbons (Fsp3) is 0.417. The van der Waals surface area contributed by atoms with Crippen LogP contribution >= 0.6 is 0 Å². The highest BCUT2D eigenvalue weighted by Crippen LogP contribution is 2.22. The summed E-state index contributed by atoms with van der Waals surface area (Å²) in [6, 6.07) is 3.90. The van der Waals surface area contributed by atoms with E-state index in [-0.39, 0.29) is 30.2 Å². The van der Waals surface area contributed by atoms with Gasteiger partial charge in [0.25, 0.3) is 5.91 Å². The SMILES string of the molecule is NC(=O)c1cccc(N2CCS(=O)(=O)CC2CC(=O)O)n1. The Hall–Kier alpha value is -2.16. The summed E-state index contributed by atoms with van der Waals surface area (Å²) in [5, 5.41) is 8.93. The number of hydrogen-bond donors (Lipinski definition) is 2. The van der Waals surface area contributed by atoms with Crippen LogP contribution in [-0.4, -0.2) is 54.5 Å². The summed E-state index contributed by atoms with van der Waals surface area (Å²) in [7, 11) is -3.27. The second kappa shape index (κ2) is 5.68. The number of aromatic nitrogens is 1. The van der Waals surface area contributed by atoms with Crippen molar-refractivity contribution in [2.45, 2.75) is 12.5 Å². The van der Waals surface area contributed by atoms with E-state index in [9.17, 15) is 18.0 Å². The molecule has 1 aromatic heterocycles. The monoisotopic (exact) mass is 313 g/mol. The van der Waals surface area contributed by atoms with Crippen LogP contribution in [0.5, 0.6) is 0 Å². The van der Waals surface area contributed by atoms with Gasteiger partial charge >= 0.3 is 5.97 Å². The van der Waals surface area contributed by atoms with Crippen molar-refractivity contribution < 1.29 is 23.1 Å². The number of primary amides is 1. The molecule has 0 spiro atoms. The molecule has 0 aliphatic carbocycles. The predicted molar refractivity (Wildman–Crippen MR) is 74.8 cm³/mol. The topological polar surface area (TPSA) is 131 Å². The fourth-order valence-corrected chi connectivity index (χ4v) is 3.80. The van der Waals surface area contributed by atoms with Gasteiger partial charge in [0.2, 0.25) is 0 Å². The van der Waals surface area contributed by atoms with Crippen LogP contribution in [0.25, 0.3) is 0 Å². The van der Waals surface area contributed by atoms with Crippen molar-refractivity contribution in [1.82, 2.24) is 4.98 Å². The van der Waals surface area contributed by atoms with Gasteiger partial charge < -0.3 is 15.7 Å². The lowest BCUT2D eigenvalue weighted by atomic mass is 10.2. The Kier molecular flexibility index (Phi) is 4.12. The Labute approximate surface area is 121 Å². The normalized spacial score (nSPS) is 21.0. The molecule has 0 bridgehead atoms. The molecule has 114 valence electrons. The van der Waals surface area contributed by atoms with Gasteiger partial charge in [-0.25, -0.2) is 13.4 Å². The number of aliphatic carboxylic acids is 1. The minimum Gasteiger partial charge on any atom is -0.481 e. The van der Waals surface area contributed by atoms with Crippen LogP contribution in [0.15, 0.2) is 18.2 Å². The van der Waals surface area contributed by atoms with Gasteiger partial charge in [-0.2, -0.15) is 0 Å². The molecule has 0 saturated carbocycles. The number of carboxylic acid groups (broad SMARTS) is 1. The minimum atomic E-state index is -3.27. The molecule has 1 fully saturated rings. The van der Waals surface area contributed by atoms with Crippen molar-refractivity contribution in [1.29, 1.82) is 0 Å². The van der Waals surface area contributed by atoms with E-state index in [0.29, 0.717) is 5.82 Å². The van der Waals surface area contributed by atoms with Gasteiger partial charge in [-0.1, -0.05) is 6.07 Å². The Morgan fingerprint density at radius 2 is 2.14 bits per heavy atom. The number of nitrogens with zero attached hydrogens (tertiary/aromatic N) is 2. The molecule has 2 rings (SSSR count). The molecule has 0 aromatic carbocycles. The Morgan fingerprint density at radius 1 is 1.43 bits per heavy atom. The third-order valence-corrected chi connectivity index (χ3v) is 4.92. The molecule has 21 heavy (non-hydrogen) atoms. The largest absolute Gasteiger partial charge is 0.481 e. The third-order valence-electron chi connectivity index (χ3n) is 3.22. The van der Waals surface area contributed by atoms with Gasteiger partial charge in [0.1, 0.15) is 11.5 Å². The summed E-state index contributed by atoms with van der Waals surface area (Å²) in [6.45, 7) is 0.134. The summed E-state index contributed by atoms with van der Waals surface area (Å²) in [6.07, 6.45) is -0.318. The number of carbonyl (C=O) groups is 2. The van der Waals surface area contributed by atoms with E-state index in [4.69, 9.17) is 10.8 Å². The van der Waals surface area contributed by atoms with E-state index in [1.54, 1.807) is 17.0 Å². The van der Waals surface area contributed by atoms with Crippen molar-refractivity contribution in [2.75, 3.05) is 23.0 Å². The quantitative estimate of drug-likeness (QED) is 0.748. The molecule has 1 atom stereocenters. The van der Waals surface area contributed by atoms with Gasteiger partial charge in [0, 0.05) is 6.54 Å². The summed E-state index contributed by atoms with van der Waals surface area (Å²) >= 11 is 0. The van der Waals surface area contributed by atoms with E-state index in [0.717, 1.165) is 0 Å². The van der Waals surface area contributed by atoms with Crippen molar-refractivity contribution in [2.24, 2.45) is 5.73 Å². The number of hydrogen-bond acceptors (Lipinski definition) is 6. The molecular weight excluding hydrogens is 298 g/mol. The highest BCUT2D eigenvalue weighted by atomic mass is 32.2. The van der Waals surface area contributed by atoms with E-state index in [2.05, 4.69) is 4.98 Å². The number of carbonyl (C=O) groups excluding carboxylic acids is 1. The molecule has 9 heteroatoms. The summed E-state index contributed by atoms with van der Waals surface area (Å²) < 4.78 is 23.4. The molecule has 1 aliphatic rings. The molecule has 8 nitrogen and oxygen atoms in total. The molecule has 1 amide bonds. The smallest absolute Gasteiger partial charge is 0.305 e. The fourth-order valence-electron chi connectivity index (χ4n) is 2.28. The lowest BCUT2D eigenvalue weighted by molar-refractivity contribution is -0.137. The number of anilines is 1. The van der Waals surface area contributed by atoms with E-state index >= 15 is 0 Å². The maximum Gasteiger partial charge on any atom is 0.305 e. The first-order valence-corrected chi connectivity index (χ1v) is 8.06. The second-order valence-electron chi connectivity index (χ2n) is 4.80. The van der Waals surface area contributed by atoms with Crippen molar-refractivity contribution in [3.63, 3.8) is 0 Å². The van der Waals surface area contributed by atoms with Crippen LogP contribution in [0, 0.1) is 0 Å². The number of amides is 1. The molecule has 1 saturated heterocycles. The Bertz CT molecular complexity index is 673. The summed E-state index contributed by atoms with van der Waals surface area (Å²) in [5.41, 5.74) is 5.21. The van der Waals surface area contributed by atoms with Gasteiger partial charge in [-0.3, -0.25) is 9.59 Å². The van der Waals surface area contributed by atoms with E-state index < -0.39 is 27.8 Å². The average molecular weight is 313 g/mol. The maximum atomic E-state index is 11.7. The number of sulfone groups is 1. The lowest BCUT2D eigenvalue weighted by Gasteiger charge is -2.35. The molecular formula is C12H15N3O5S. The van der Waals surface area contributed by atoms with E-state index in [1.807, 2.05) is 0 Å². The number of pyridine rings is 1.